The summed E-state index contributed by atoms with van der Waals surface area (Å²) in [5, 5.41) is 13.7. The number of tetrazole rings is 1. The van der Waals surface area contributed by atoms with Crippen molar-refractivity contribution in [2.45, 2.75) is 39.4 Å². The second-order valence-electron chi connectivity index (χ2n) is 9.21. The van der Waals surface area contributed by atoms with E-state index in [1.165, 1.54) is 11.1 Å². The first kappa shape index (κ1) is 21.5. The predicted molar refractivity (Wildman–Crippen MR) is 132 cm³/mol. The average molecular weight is 467 g/mol. The fraction of sp³-hybridized carbons (Fsp3) is 0.259. The Hall–Kier alpha value is -4.04. The highest BCUT2D eigenvalue weighted by Crippen LogP contribution is 2.32. The average Bonchev–Trinajstić information content (AvgIpc) is 3.55. The van der Waals surface area contributed by atoms with Gasteiger partial charge in [0.05, 0.1) is 11.8 Å². The van der Waals surface area contributed by atoms with E-state index in [1.54, 1.807) is 10.9 Å². The molecule has 0 bridgehead atoms. The van der Waals surface area contributed by atoms with Crippen molar-refractivity contribution >= 4 is 10.9 Å². The quantitative estimate of drug-likeness (QED) is 0.422. The van der Waals surface area contributed by atoms with E-state index in [0.717, 1.165) is 40.8 Å². The van der Waals surface area contributed by atoms with Gasteiger partial charge in [-0.3, -0.25) is 9.69 Å². The molecule has 1 atom stereocenters. The highest BCUT2D eigenvalue weighted by Gasteiger charge is 2.33. The van der Waals surface area contributed by atoms with Gasteiger partial charge >= 0.3 is 0 Å². The van der Waals surface area contributed by atoms with Crippen LogP contribution in [0.3, 0.4) is 0 Å². The lowest BCUT2D eigenvalue weighted by Gasteiger charge is -2.34. The maximum atomic E-state index is 13.6. The molecule has 4 heterocycles. The summed E-state index contributed by atoms with van der Waals surface area (Å²) in [6.07, 6.45) is 2.54. The summed E-state index contributed by atoms with van der Waals surface area (Å²) in [6.45, 7) is 5.97. The van der Waals surface area contributed by atoms with Crippen molar-refractivity contribution < 1.29 is 4.42 Å². The molecule has 6 rings (SSSR count). The van der Waals surface area contributed by atoms with Gasteiger partial charge in [-0.15, -0.1) is 5.10 Å². The Morgan fingerprint density at radius 1 is 1.06 bits per heavy atom. The number of hydrogen-bond donors (Lipinski definition) is 1. The van der Waals surface area contributed by atoms with Crippen LogP contribution in [0.15, 0.2) is 70.1 Å². The number of furan rings is 1. The van der Waals surface area contributed by atoms with E-state index < -0.39 is 6.04 Å². The van der Waals surface area contributed by atoms with Crippen LogP contribution in [0, 0.1) is 13.8 Å². The van der Waals surface area contributed by atoms with Gasteiger partial charge in [0, 0.05) is 24.0 Å². The number of fused-ring (bicyclic) bond motifs is 2. The van der Waals surface area contributed by atoms with E-state index in [1.807, 2.05) is 31.2 Å². The molecular weight excluding hydrogens is 440 g/mol. The van der Waals surface area contributed by atoms with Crippen LogP contribution in [-0.2, 0) is 19.5 Å². The Kier molecular flexibility index (Phi) is 5.30. The van der Waals surface area contributed by atoms with Gasteiger partial charge in [0.1, 0.15) is 18.3 Å². The first-order chi connectivity index (χ1) is 17.1. The molecule has 0 spiro atoms. The number of rotatable bonds is 5. The molecule has 35 heavy (non-hydrogen) atoms. The monoisotopic (exact) mass is 466 g/mol. The number of hydrogen-bond acceptors (Lipinski definition) is 6. The van der Waals surface area contributed by atoms with Gasteiger partial charge < -0.3 is 9.40 Å². The Morgan fingerprint density at radius 3 is 2.71 bits per heavy atom. The lowest BCUT2D eigenvalue weighted by molar-refractivity contribution is 0.193. The van der Waals surface area contributed by atoms with E-state index in [2.05, 4.69) is 62.7 Å². The molecule has 1 aliphatic heterocycles. The molecule has 0 radical (unpaired) electrons. The SMILES string of the molecule is Cc1ccc(C)c2[nH]c(=O)c([C@H](c3nnnn3Cc3ccco3)N3CCc4ccccc4C3)cc12. The Morgan fingerprint density at radius 2 is 1.89 bits per heavy atom. The second-order valence-corrected chi connectivity index (χ2v) is 9.21. The molecule has 0 aliphatic carbocycles. The van der Waals surface area contributed by atoms with Crippen molar-refractivity contribution in [2.24, 2.45) is 0 Å². The summed E-state index contributed by atoms with van der Waals surface area (Å²) in [5.41, 5.74) is 6.15. The first-order valence-electron chi connectivity index (χ1n) is 11.8. The van der Waals surface area contributed by atoms with Crippen molar-refractivity contribution in [3.05, 3.63) is 111 Å². The first-order valence-corrected chi connectivity index (χ1v) is 11.8. The molecule has 5 aromatic rings. The maximum Gasteiger partial charge on any atom is 0.253 e. The topological polar surface area (TPSA) is 92.8 Å². The molecule has 1 N–H and O–H groups in total. The summed E-state index contributed by atoms with van der Waals surface area (Å²) in [6, 6.07) is 17.9. The van der Waals surface area contributed by atoms with E-state index in [4.69, 9.17) is 4.42 Å². The molecule has 176 valence electrons. The largest absolute Gasteiger partial charge is 0.467 e. The van der Waals surface area contributed by atoms with Gasteiger partial charge in [0.15, 0.2) is 5.82 Å². The molecule has 0 fully saturated rings. The van der Waals surface area contributed by atoms with E-state index in [9.17, 15) is 4.79 Å². The molecular formula is C27H26N6O2. The molecule has 0 saturated carbocycles. The minimum absolute atomic E-state index is 0.123. The van der Waals surface area contributed by atoms with Crippen molar-refractivity contribution in [1.82, 2.24) is 30.1 Å². The molecule has 3 aromatic heterocycles. The number of nitrogens with zero attached hydrogens (tertiary/aromatic N) is 5. The zero-order valence-corrected chi connectivity index (χ0v) is 19.7. The number of aromatic amines is 1. The van der Waals surface area contributed by atoms with Crippen LogP contribution in [-0.4, -0.2) is 36.6 Å². The fourth-order valence-corrected chi connectivity index (χ4v) is 5.10. The van der Waals surface area contributed by atoms with Gasteiger partial charge in [0.25, 0.3) is 5.56 Å². The zero-order chi connectivity index (χ0) is 23.9. The third-order valence-electron chi connectivity index (χ3n) is 6.98. The van der Waals surface area contributed by atoms with Crippen LogP contribution in [0.25, 0.3) is 10.9 Å². The molecule has 8 nitrogen and oxygen atoms in total. The molecule has 0 saturated heterocycles. The molecule has 8 heteroatoms. The summed E-state index contributed by atoms with van der Waals surface area (Å²) >= 11 is 0. The highest BCUT2D eigenvalue weighted by molar-refractivity contribution is 5.85. The molecule has 0 amide bonds. The summed E-state index contributed by atoms with van der Waals surface area (Å²) < 4.78 is 7.28. The van der Waals surface area contributed by atoms with Gasteiger partial charge in [-0.2, -0.15) is 0 Å². The van der Waals surface area contributed by atoms with Gasteiger partial charge in [-0.1, -0.05) is 36.4 Å². The molecule has 2 aromatic carbocycles. The Labute approximate surface area is 202 Å². The minimum Gasteiger partial charge on any atom is -0.467 e. The number of H-pyrrole nitrogens is 1. The van der Waals surface area contributed by atoms with Crippen LogP contribution < -0.4 is 5.56 Å². The Bertz CT molecular complexity index is 1570. The van der Waals surface area contributed by atoms with Gasteiger partial charge in [-0.25, -0.2) is 4.68 Å². The van der Waals surface area contributed by atoms with Crippen LogP contribution in [0.5, 0.6) is 0 Å². The number of aromatic nitrogens is 5. The summed E-state index contributed by atoms with van der Waals surface area (Å²) in [5.74, 6) is 1.37. The number of nitrogens with one attached hydrogen (secondary N) is 1. The third kappa shape index (κ3) is 3.85. The predicted octanol–water partition coefficient (Wildman–Crippen LogP) is 3.92. The van der Waals surface area contributed by atoms with E-state index in [0.29, 0.717) is 24.5 Å². The standard InChI is InChI=1S/C27H26N6O2/c1-17-9-10-18(2)24-22(17)14-23(27(34)28-24)25(32-12-11-19-6-3-4-7-20(19)15-32)26-29-30-31-33(26)16-21-8-5-13-35-21/h3-10,13-14,25H,11-12,15-16H2,1-2H3,(H,28,34)/t25-/m1/s1. The van der Waals surface area contributed by atoms with E-state index >= 15 is 0 Å². The van der Waals surface area contributed by atoms with Gasteiger partial charge in [0.2, 0.25) is 0 Å². The van der Waals surface area contributed by atoms with Crippen molar-refractivity contribution in [3.63, 3.8) is 0 Å². The third-order valence-corrected chi connectivity index (χ3v) is 6.98. The summed E-state index contributed by atoms with van der Waals surface area (Å²) in [7, 11) is 0. The minimum atomic E-state index is -0.415. The number of pyridine rings is 1. The smallest absolute Gasteiger partial charge is 0.253 e. The van der Waals surface area contributed by atoms with E-state index in [-0.39, 0.29) is 5.56 Å². The molecule has 0 unspecified atom stereocenters. The van der Waals surface area contributed by atoms with Crippen molar-refractivity contribution in [2.75, 3.05) is 6.54 Å². The summed E-state index contributed by atoms with van der Waals surface area (Å²) in [4.78, 5) is 19.0. The van der Waals surface area contributed by atoms with Crippen LogP contribution in [0.2, 0.25) is 0 Å². The van der Waals surface area contributed by atoms with Crippen LogP contribution in [0.1, 0.15) is 45.4 Å². The lowest BCUT2D eigenvalue weighted by Crippen LogP contribution is -2.38. The van der Waals surface area contributed by atoms with Crippen molar-refractivity contribution in [1.29, 1.82) is 0 Å². The number of benzene rings is 2. The normalized spacial score (nSPS) is 14.8. The van der Waals surface area contributed by atoms with Crippen LogP contribution in [0.4, 0.5) is 0 Å². The van der Waals surface area contributed by atoms with Crippen molar-refractivity contribution in [3.8, 4) is 0 Å². The fourth-order valence-electron chi connectivity index (χ4n) is 5.10. The highest BCUT2D eigenvalue weighted by atomic mass is 16.3. The second kappa shape index (κ2) is 8.63. The lowest BCUT2D eigenvalue weighted by atomic mass is 9.95. The Balaban J connectivity index is 1.52. The zero-order valence-electron chi connectivity index (χ0n) is 19.7. The number of aryl methyl sites for hydroxylation is 2. The van der Waals surface area contributed by atoms with Crippen LogP contribution >= 0.6 is 0 Å². The molecule has 1 aliphatic rings. The maximum absolute atomic E-state index is 13.6. The van der Waals surface area contributed by atoms with Gasteiger partial charge in [-0.05, 0) is 71.1 Å².